The maximum Gasteiger partial charge on any atom is 0.243 e. The summed E-state index contributed by atoms with van der Waals surface area (Å²) in [5, 5.41) is 12.8. The smallest absolute Gasteiger partial charge is 0.243 e. The monoisotopic (exact) mass is 413 g/mol. The number of carbonyl (C=O) groups excluding carboxylic acids is 2. The van der Waals surface area contributed by atoms with Gasteiger partial charge in [0.2, 0.25) is 11.8 Å². The second-order valence-corrected chi connectivity index (χ2v) is 7.73. The van der Waals surface area contributed by atoms with Gasteiger partial charge in [-0.25, -0.2) is 13.2 Å². The van der Waals surface area contributed by atoms with Gasteiger partial charge in [0.05, 0.1) is 17.5 Å². The molecule has 1 saturated carbocycles. The lowest BCUT2D eigenvalue weighted by atomic mass is 10.2. The minimum atomic E-state index is -1.68. The van der Waals surface area contributed by atoms with Gasteiger partial charge in [-0.05, 0) is 31.9 Å². The fourth-order valence-electron chi connectivity index (χ4n) is 2.47. The molecular formula is C17H18F3N5O2S. The molecule has 1 aromatic heterocycles. The fraction of sp³-hybridized carbons (Fsp3) is 0.412. The molecule has 3 rings (SSSR count). The summed E-state index contributed by atoms with van der Waals surface area (Å²) in [6.45, 7) is 1.20. The summed E-state index contributed by atoms with van der Waals surface area (Å²) in [4.78, 5) is 24.0. The molecule has 0 bridgehead atoms. The molecule has 1 aromatic carbocycles. The van der Waals surface area contributed by atoms with E-state index < -0.39 is 46.7 Å². The van der Waals surface area contributed by atoms with Crippen LogP contribution in [-0.2, 0) is 16.6 Å². The van der Waals surface area contributed by atoms with E-state index in [1.165, 1.54) is 11.8 Å². The predicted octanol–water partition coefficient (Wildman–Crippen LogP) is 2.35. The van der Waals surface area contributed by atoms with Crippen LogP contribution in [0.15, 0.2) is 17.3 Å². The molecule has 1 fully saturated rings. The van der Waals surface area contributed by atoms with Gasteiger partial charge in [0, 0.05) is 13.0 Å². The molecule has 2 amide bonds. The number of hydrogen-bond donors (Lipinski definition) is 2. The highest BCUT2D eigenvalue weighted by Crippen LogP contribution is 2.39. The van der Waals surface area contributed by atoms with E-state index in [0.717, 1.165) is 24.7 Å². The van der Waals surface area contributed by atoms with E-state index in [2.05, 4.69) is 20.8 Å². The third kappa shape index (κ3) is 4.46. The number of hydrogen-bond acceptors (Lipinski definition) is 5. The van der Waals surface area contributed by atoms with Crippen molar-refractivity contribution in [3.63, 3.8) is 0 Å². The second kappa shape index (κ2) is 8.21. The lowest BCUT2D eigenvalue weighted by molar-refractivity contribution is -0.123. The molecule has 1 atom stereocenters. The molecule has 0 aliphatic heterocycles. The first kappa shape index (κ1) is 20.2. The third-order valence-electron chi connectivity index (χ3n) is 4.19. The number of benzene rings is 1. The topological polar surface area (TPSA) is 88.9 Å². The number of carbonyl (C=O) groups is 2. The van der Waals surface area contributed by atoms with E-state index in [-0.39, 0.29) is 0 Å². The number of nitrogens with one attached hydrogen (secondary N) is 2. The van der Waals surface area contributed by atoms with Crippen LogP contribution in [0.2, 0.25) is 0 Å². The molecule has 0 spiro atoms. The van der Waals surface area contributed by atoms with Gasteiger partial charge in [0.25, 0.3) is 0 Å². The number of nitrogens with zero attached hydrogens (tertiary/aromatic N) is 3. The van der Waals surface area contributed by atoms with E-state index in [1.54, 1.807) is 6.92 Å². The standard InChI is InChI=1S/C17H18F3N5O2S/c1-8(28-17-24-23-15(25(17)2)9-3-4-9)16(27)21-7-12(26)22-11-6-5-10(18)13(19)14(11)20/h5-6,8-9H,3-4,7H2,1-2H3,(H,21,27)(H,22,26). The van der Waals surface area contributed by atoms with Crippen LogP contribution in [0.3, 0.4) is 0 Å². The SMILES string of the molecule is CC(Sc1nnc(C2CC2)n1C)C(=O)NCC(=O)Nc1ccc(F)c(F)c1F. The van der Waals surface area contributed by atoms with Gasteiger partial charge in [-0.3, -0.25) is 9.59 Å². The summed E-state index contributed by atoms with van der Waals surface area (Å²) in [7, 11) is 1.84. The normalized spacial score (nSPS) is 14.6. The Labute approximate surface area is 163 Å². The Morgan fingerprint density at radius 3 is 2.64 bits per heavy atom. The van der Waals surface area contributed by atoms with E-state index in [4.69, 9.17) is 0 Å². The van der Waals surface area contributed by atoms with Crippen LogP contribution < -0.4 is 10.6 Å². The average molecular weight is 413 g/mol. The van der Waals surface area contributed by atoms with Crippen LogP contribution >= 0.6 is 11.8 Å². The van der Waals surface area contributed by atoms with Crippen molar-refractivity contribution in [2.24, 2.45) is 7.05 Å². The minimum absolute atomic E-state index is 0.427. The maximum atomic E-state index is 13.6. The van der Waals surface area contributed by atoms with Gasteiger partial charge in [-0.1, -0.05) is 11.8 Å². The third-order valence-corrected chi connectivity index (χ3v) is 5.33. The number of amides is 2. The Morgan fingerprint density at radius 1 is 1.25 bits per heavy atom. The molecule has 1 aliphatic carbocycles. The Bertz CT molecular complexity index is 916. The van der Waals surface area contributed by atoms with Gasteiger partial charge < -0.3 is 15.2 Å². The van der Waals surface area contributed by atoms with Crippen LogP contribution in [-0.4, -0.2) is 38.4 Å². The van der Waals surface area contributed by atoms with Crippen molar-refractivity contribution in [2.75, 3.05) is 11.9 Å². The zero-order chi connectivity index (χ0) is 20.4. The van der Waals surface area contributed by atoms with E-state index in [1.807, 2.05) is 11.6 Å². The summed E-state index contributed by atoms with van der Waals surface area (Å²) in [5.74, 6) is -4.42. The first-order valence-corrected chi connectivity index (χ1v) is 9.43. The summed E-state index contributed by atoms with van der Waals surface area (Å²) < 4.78 is 41.5. The Kier molecular flexibility index (Phi) is 5.92. The van der Waals surface area contributed by atoms with Crippen LogP contribution in [0, 0.1) is 17.5 Å². The summed E-state index contributed by atoms with van der Waals surface area (Å²) in [6, 6.07) is 1.60. The molecule has 2 aromatic rings. The van der Waals surface area contributed by atoms with Crippen molar-refractivity contribution in [3.05, 3.63) is 35.4 Å². The molecule has 1 heterocycles. The van der Waals surface area contributed by atoms with Crippen molar-refractivity contribution < 1.29 is 22.8 Å². The van der Waals surface area contributed by atoms with Gasteiger partial charge in [-0.15, -0.1) is 10.2 Å². The number of anilines is 1. The van der Waals surface area contributed by atoms with Gasteiger partial charge in [0.1, 0.15) is 5.82 Å². The summed E-state index contributed by atoms with van der Waals surface area (Å²) >= 11 is 1.20. The number of rotatable bonds is 7. The van der Waals surface area contributed by atoms with Crippen LogP contribution in [0.5, 0.6) is 0 Å². The van der Waals surface area contributed by atoms with Crippen LogP contribution in [0.4, 0.5) is 18.9 Å². The first-order chi connectivity index (χ1) is 13.3. The molecule has 1 unspecified atom stereocenters. The van der Waals surface area contributed by atoms with Crippen LogP contribution in [0.1, 0.15) is 31.5 Å². The van der Waals surface area contributed by atoms with Crippen molar-refractivity contribution in [1.82, 2.24) is 20.1 Å². The first-order valence-electron chi connectivity index (χ1n) is 8.55. The lowest BCUT2D eigenvalue weighted by Crippen LogP contribution is -2.37. The molecule has 11 heteroatoms. The van der Waals surface area contributed by atoms with Gasteiger partial charge in [-0.2, -0.15) is 0 Å². The Morgan fingerprint density at radius 2 is 1.96 bits per heavy atom. The van der Waals surface area contributed by atoms with Crippen molar-refractivity contribution in [1.29, 1.82) is 0 Å². The summed E-state index contributed by atoms with van der Waals surface area (Å²) in [6.07, 6.45) is 2.17. The molecule has 28 heavy (non-hydrogen) atoms. The zero-order valence-electron chi connectivity index (χ0n) is 15.1. The van der Waals surface area contributed by atoms with E-state index in [0.29, 0.717) is 17.1 Å². The predicted molar refractivity (Wildman–Crippen MR) is 96.3 cm³/mol. The Balaban J connectivity index is 1.50. The molecule has 150 valence electrons. The van der Waals surface area contributed by atoms with Crippen LogP contribution in [0.25, 0.3) is 0 Å². The highest BCUT2D eigenvalue weighted by atomic mass is 32.2. The second-order valence-electron chi connectivity index (χ2n) is 6.42. The molecule has 1 aliphatic rings. The Hall–Kier alpha value is -2.56. The number of thioether (sulfide) groups is 1. The molecule has 7 nitrogen and oxygen atoms in total. The maximum absolute atomic E-state index is 13.6. The molecule has 0 radical (unpaired) electrons. The zero-order valence-corrected chi connectivity index (χ0v) is 15.9. The van der Waals surface area contributed by atoms with Gasteiger partial charge in [0.15, 0.2) is 22.6 Å². The largest absolute Gasteiger partial charge is 0.346 e. The van der Waals surface area contributed by atoms with Gasteiger partial charge >= 0.3 is 0 Å². The van der Waals surface area contributed by atoms with E-state index >= 15 is 0 Å². The molecular weight excluding hydrogens is 395 g/mol. The quantitative estimate of drug-likeness (QED) is 0.537. The highest BCUT2D eigenvalue weighted by molar-refractivity contribution is 8.00. The van der Waals surface area contributed by atoms with E-state index in [9.17, 15) is 22.8 Å². The minimum Gasteiger partial charge on any atom is -0.346 e. The fourth-order valence-corrected chi connectivity index (χ4v) is 3.31. The lowest BCUT2D eigenvalue weighted by Gasteiger charge is -2.12. The molecule has 0 saturated heterocycles. The highest BCUT2D eigenvalue weighted by Gasteiger charge is 2.30. The number of halogens is 3. The van der Waals surface area contributed by atoms with Crippen molar-refractivity contribution in [3.8, 4) is 0 Å². The van der Waals surface area contributed by atoms with Crippen molar-refractivity contribution >= 4 is 29.3 Å². The summed E-state index contributed by atoms with van der Waals surface area (Å²) in [5.41, 5.74) is -0.507. The molecule has 2 N–H and O–H groups in total. The number of aromatic nitrogens is 3. The average Bonchev–Trinajstić information content (AvgIpc) is 3.44. The van der Waals surface area contributed by atoms with Crippen molar-refractivity contribution in [2.45, 2.75) is 36.1 Å².